The van der Waals surface area contributed by atoms with E-state index in [4.69, 9.17) is 23.8 Å². The Morgan fingerprint density at radius 3 is 2.48 bits per heavy atom. The van der Waals surface area contributed by atoms with E-state index in [2.05, 4.69) is 5.32 Å². The van der Waals surface area contributed by atoms with Gasteiger partial charge in [-0.15, -0.1) is 0 Å². The third kappa shape index (κ3) is 5.41. The summed E-state index contributed by atoms with van der Waals surface area (Å²) in [5.74, 6) is -0.503. The Labute approximate surface area is 204 Å². The Morgan fingerprint density at radius 1 is 1.06 bits per heavy atom. The van der Waals surface area contributed by atoms with Gasteiger partial charge in [0, 0.05) is 17.3 Å². The highest BCUT2D eigenvalue weighted by Gasteiger charge is 2.43. The van der Waals surface area contributed by atoms with E-state index < -0.39 is 6.04 Å². The highest BCUT2D eigenvalue weighted by molar-refractivity contribution is 7.80. The fourth-order valence-corrected chi connectivity index (χ4v) is 4.41. The van der Waals surface area contributed by atoms with Crippen molar-refractivity contribution in [3.8, 4) is 0 Å². The number of hydrogen-bond donors (Lipinski definition) is 1. The maximum Gasteiger partial charge on any atom is 0.257 e. The molecule has 0 radical (unpaired) electrons. The van der Waals surface area contributed by atoms with E-state index >= 15 is 0 Å². The average molecular weight is 478 g/mol. The number of aryl methyl sites for hydroxylation is 1. The quantitative estimate of drug-likeness (QED) is 0.389. The number of nitrogens with one attached hydrogen (secondary N) is 1. The van der Waals surface area contributed by atoms with Gasteiger partial charge in [-0.3, -0.25) is 9.59 Å². The summed E-state index contributed by atoms with van der Waals surface area (Å²) in [6.07, 6.45) is 0.750. The number of nitrogens with zero attached hydrogens (tertiary/aromatic N) is 2. The minimum atomic E-state index is -0.679. The van der Waals surface area contributed by atoms with E-state index in [0.717, 1.165) is 16.8 Å². The van der Waals surface area contributed by atoms with Gasteiger partial charge in [0.1, 0.15) is 6.04 Å². The molecule has 33 heavy (non-hydrogen) atoms. The molecule has 0 aliphatic carbocycles. The second kappa shape index (κ2) is 10.1. The van der Waals surface area contributed by atoms with Crippen LogP contribution in [0, 0.1) is 6.92 Å². The Balaban J connectivity index is 1.58. The molecule has 2 amide bonds. The summed E-state index contributed by atoms with van der Waals surface area (Å²) in [6.45, 7) is 2.45. The number of rotatable bonds is 6. The van der Waals surface area contributed by atoms with Crippen molar-refractivity contribution in [1.29, 1.82) is 0 Å². The van der Waals surface area contributed by atoms with Gasteiger partial charge in [-0.2, -0.15) is 0 Å². The van der Waals surface area contributed by atoms with E-state index in [9.17, 15) is 9.59 Å². The molecule has 5 nitrogen and oxygen atoms in total. The van der Waals surface area contributed by atoms with Gasteiger partial charge in [0.25, 0.3) is 5.91 Å². The Hall–Kier alpha value is -3.22. The Bertz CT molecular complexity index is 1170. The summed E-state index contributed by atoms with van der Waals surface area (Å²) in [7, 11) is 0. The largest absolute Gasteiger partial charge is 0.336 e. The van der Waals surface area contributed by atoms with Crippen molar-refractivity contribution in [1.82, 2.24) is 4.90 Å². The van der Waals surface area contributed by atoms with E-state index in [0.29, 0.717) is 28.8 Å². The number of imide groups is 1. The zero-order valence-electron chi connectivity index (χ0n) is 18.2. The van der Waals surface area contributed by atoms with E-state index in [1.165, 1.54) is 4.90 Å². The molecule has 1 saturated heterocycles. The van der Waals surface area contributed by atoms with Crippen LogP contribution < -0.4 is 10.2 Å². The molecular formula is C26H24ClN3O2S. The molecule has 1 aliphatic heterocycles. The maximum atomic E-state index is 13.4. The van der Waals surface area contributed by atoms with Crippen LogP contribution in [0.15, 0.2) is 78.9 Å². The fourth-order valence-electron chi connectivity index (χ4n) is 3.88. The van der Waals surface area contributed by atoms with Crippen LogP contribution in [0.25, 0.3) is 0 Å². The van der Waals surface area contributed by atoms with Crippen LogP contribution in [-0.2, 0) is 16.0 Å². The molecule has 0 aromatic heterocycles. The minimum Gasteiger partial charge on any atom is -0.336 e. The number of hydrogen-bond acceptors (Lipinski definition) is 3. The Morgan fingerprint density at radius 2 is 1.79 bits per heavy atom. The molecule has 0 spiro atoms. The van der Waals surface area contributed by atoms with Crippen molar-refractivity contribution >= 4 is 52.1 Å². The zero-order chi connectivity index (χ0) is 23.4. The van der Waals surface area contributed by atoms with Crippen LogP contribution in [0.5, 0.6) is 0 Å². The molecule has 168 valence electrons. The first-order valence-corrected chi connectivity index (χ1v) is 11.5. The number of carbonyl (C=O) groups excluding carboxylic acids is 2. The first-order valence-electron chi connectivity index (χ1n) is 10.7. The summed E-state index contributed by atoms with van der Waals surface area (Å²) in [5, 5.41) is 4.14. The van der Waals surface area contributed by atoms with Gasteiger partial charge < -0.3 is 10.2 Å². The van der Waals surface area contributed by atoms with Crippen molar-refractivity contribution in [2.24, 2.45) is 0 Å². The lowest BCUT2D eigenvalue weighted by molar-refractivity contribution is -0.122. The van der Waals surface area contributed by atoms with Crippen LogP contribution >= 0.6 is 23.8 Å². The number of thiocarbonyl (C=S) groups is 1. The standard InChI is InChI=1S/C26H24ClN3O2S/c1-18-10-12-22(13-11-18)30-24(31)17-23(25(30)32)29(15-14-19-6-3-2-4-7-19)26(33)28-21-9-5-8-20(27)16-21/h2-13,16,23H,14-15,17H2,1H3,(H,28,33)/t23-/m0/s1. The first kappa shape index (κ1) is 23.0. The van der Waals surface area contributed by atoms with E-state index in [-0.39, 0.29) is 18.2 Å². The molecule has 0 unspecified atom stereocenters. The number of benzene rings is 3. The van der Waals surface area contributed by atoms with Gasteiger partial charge in [-0.25, -0.2) is 4.90 Å². The molecule has 1 atom stereocenters. The molecule has 0 bridgehead atoms. The average Bonchev–Trinajstić information content (AvgIpc) is 3.09. The van der Waals surface area contributed by atoms with Crippen LogP contribution in [0.3, 0.4) is 0 Å². The topological polar surface area (TPSA) is 52.7 Å². The summed E-state index contributed by atoms with van der Waals surface area (Å²) >= 11 is 11.8. The molecular weight excluding hydrogens is 454 g/mol. The molecule has 3 aromatic rings. The Kier molecular flexibility index (Phi) is 7.06. The van der Waals surface area contributed by atoms with Crippen molar-refractivity contribution in [2.45, 2.75) is 25.8 Å². The molecule has 4 rings (SSSR count). The second-order valence-corrected chi connectivity index (χ2v) is 8.82. The lowest BCUT2D eigenvalue weighted by Gasteiger charge is -2.30. The van der Waals surface area contributed by atoms with Crippen molar-refractivity contribution in [3.63, 3.8) is 0 Å². The highest BCUT2D eigenvalue weighted by atomic mass is 35.5. The van der Waals surface area contributed by atoms with Crippen LogP contribution in [0.1, 0.15) is 17.5 Å². The monoisotopic (exact) mass is 477 g/mol. The van der Waals surface area contributed by atoms with Gasteiger partial charge in [0.2, 0.25) is 5.91 Å². The van der Waals surface area contributed by atoms with Gasteiger partial charge in [0.15, 0.2) is 5.11 Å². The number of anilines is 2. The summed E-state index contributed by atoms with van der Waals surface area (Å²) in [6, 6.07) is 23.9. The minimum absolute atomic E-state index is 0.0683. The number of halogens is 1. The fraction of sp³-hybridized carbons (Fsp3) is 0.192. The van der Waals surface area contributed by atoms with Crippen LogP contribution in [0.4, 0.5) is 11.4 Å². The maximum absolute atomic E-state index is 13.4. The number of amides is 2. The van der Waals surface area contributed by atoms with E-state index in [1.807, 2.05) is 66.4 Å². The lowest BCUT2D eigenvalue weighted by Crippen LogP contribution is -2.48. The second-order valence-electron chi connectivity index (χ2n) is 7.99. The van der Waals surface area contributed by atoms with Crippen LogP contribution in [-0.4, -0.2) is 34.4 Å². The lowest BCUT2D eigenvalue weighted by atomic mass is 10.1. The van der Waals surface area contributed by atoms with Gasteiger partial charge in [-0.1, -0.05) is 65.7 Å². The molecule has 1 fully saturated rings. The van der Waals surface area contributed by atoms with Gasteiger partial charge >= 0.3 is 0 Å². The summed E-state index contributed by atoms with van der Waals surface area (Å²) < 4.78 is 0. The summed E-state index contributed by atoms with van der Waals surface area (Å²) in [5.41, 5.74) is 3.49. The van der Waals surface area contributed by atoms with E-state index in [1.54, 1.807) is 24.3 Å². The van der Waals surface area contributed by atoms with Gasteiger partial charge in [-0.05, 0) is 61.5 Å². The molecule has 1 aliphatic rings. The van der Waals surface area contributed by atoms with Crippen molar-refractivity contribution < 1.29 is 9.59 Å². The smallest absolute Gasteiger partial charge is 0.257 e. The highest BCUT2D eigenvalue weighted by Crippen LogP contribution is 2.27. The molecule has 3 aromatic carbocycles. The molecule has 1 heterocycles. The third-order valence-electron chi connectivity index (χ3n) is 5.61. The van der Waals surface area contributed by atoms with Crippen molar-refractivity contribution in [3.05, 3.63) is 95.0 Å². The molecule has 0 saturated carbocycles. The summed E-state index contributed by atoms with van der Waals surface area (Å²) in [4.78, 5) is 29.4. The third-order valence-corrected chi connectivity index (χ3v) is 6.18. The van der Waals surface area contributed by atoms with Gasteiger partial charge in [0.05, 0.1) is 12.1 Å². The molecule has 7 heteroatoms. The van der Waals surface area contributed by atoms with Crippen molar-refractivity contribution in [2.75, 3.05) is 16.8 Å². The predicted octanol–water partition coefficient (Wildman–Crippen LogP) is 5.22. The predicted molar refractivity (Wildman–Crippen MR) is 137 cm³/mol. The zero-order valence-corrected chi connectivity index (χ0v) is 19.8. The first-order chi connectivity index (χ1) is 15.9. The normalized spacial score (nSPS) is 15.6. The molecule has 1 N–H and O–H groups in total. The van der Waals surface area contributed by atoms with Crippen LogP contribution in [0.2, 0.25) is 5.02 Å². The SMILES string of the molecule is Cc1ccc(N2C(=O)C[C@H](N(CCc3ccccc3)C(=S)Nc3cccc(Cl)c3)C2=O)cc1. The number of carbonyl (C=O) groups is 2.